The Morgan fingerprint density at radius 3 is 2.47 bits per heavy atom. The van der Waals surface area contributed by atoms with Gasteiger partial charge in [0.2, 0.25) is 5.91 Å². The van der Waals surface area contributed by atoms with Gasteiger partial charge in [-0.2, -0.15) is 0 Å². The lowest BCUT2D eigenvalue weighted by molar-refractivity contribution is -0.137. The Hall–Kier alpha value is -0.580. The summed E-state index contributed by atoms with van der Waals surface area (Å²) in [4.78, 5) is 14.1. The lowest BCUT2D eigenvalue weighted by atomic mass is 9.87. The second-order valence-electron chi connectivity index (χ2n) is 6.28. The molecule has 0 unspecified atom stereocenters. The molecule has 0 saturated heterocycles. The third kappa shape index (κ3) is 3.12. The fraction of sp³-hybridized carbons (Fsp3) is 0.929. The van der Waals surface area contributed by atoms with Gasteiger partial charge in [-0.05, 0) is 38.0 Å². The largest absolute Gasteiger partial charge is 0.342 e. The summed E-state index contributed by atoms with van der Waals surface area (Å²) in [6, 6.07) is -0.225. The van der Waals surface area contributed by atoms with E-state index in [0.717, 1.165) is 12.3 Å². The van der Waals surface area contributed by atoms with E-state index in [1.54, 1.807) is 18.9 Å². The second-order valence-corrected chi connectivity index (χ2v) is 8.68. The average Bonchev–Trinajstić information content (AvgIpc) is 2.98. The lowest BCUT2D eigenvalue weighted by Gasteiger charge is -2.30. The maximum atomic E-state index is 12.5. The van der Waals surface area contributed by atoms with Crippen molar-refractivity contribution in [2.24, 2.45) is 17.8 Å². The van der Waals surface area contributed by atoms with Crippen LogP contribution in [0.5, 0.6) is 0 Å². The molecule has 1 amide bonds. The predicted octanol–water partition coefficient (Wildman–Crippen LogP) is 1.70. The molecule has 2 aliphatic carbocycles. The molecule has 0 radical (unpaired) electrons. The van der Waals surface area contributed by atoms with Crippen LogP contribution in [0.3, 0.4) is 0 Å². The fourth-order valence-corrected chi connectivity index (χ4v) is 4.82. The Morgan fingerprint density at radius 1 is 1.32 bits per heavy atom. The van der Waals surface area contributed by atoms with Crippen LogP contribution >= 0.6 is 0 Å². The Labute approximate surface area is 116 Å². The van der Waals surface area contributed by atoms with E-state index in [0.29, 0.717) is 5.92 Å². The van der Waals surface area contributed by atoms with Crippen LogP contribution in [0.15, 0.2) is 0 Å². The first-order valence-corrected chi connectivity index (χ1v) is 9.13. The number of fused-ring (bicyclic) bond motifs is 2. The SMILES string of the molecule is CCS(=O)(=O)C[C@@H](C)N(C)C(=O)[C@@H]1C[C@H]2CC[C@H]1C2. The van der Waals surface area contributed by atoms with Crippen molar-refractivity contribution in [1.29, 1.82) is 0 Å². The average molecular weight is 287 g/mol. The Morgan fingerprint density at radius 2 is 2.00 bits per heavy atom. The van der Waals surface area contributed by atoms with Crippen molar-refractivity contribution in [3.8, 4) is 0 Å². The first-order valence-electron chi connectivity index (χ1n) is 7.31. The standard InChI is InChI=1S/C14H25NO3S/c1-4-19(17,18)9-10(2)15(3)14(16)13-8-11-5-6-12(13)7-11/h10-13H,4-9H2,1-3H3/t10-,11+,12+,13-/m1/s1. The van der Waals surface area contributed by atoms with E-state index >= 15 is 0 Å². The smallest absolute Gasteiger partial charge is 0.225 e. The van der Waals surface area contributed by atoms with Gasteiger partial charge in [0.15, 0.2) is 9.84 Å². The van der Waals surface area contributed by atoms with Gasteiger partial charge in [-0.3, -0.25) is 4.79 Å². The summed E-state index contributed by atoms with van der Waals surface area (Å²) >= 11 is 0. The van der Waals surface area contributed by atoms with E-state index in [-0.39, 0.29) is 29.4 Å². The molecule has 2 fully saturated rings. The highest BCUT2D eigenvalue weighted by Gasteiger charge is 2.44. The van der Waals surface area contributed by atoms with Crippen LogP contribution in [0.1, 0.15) is 39.5 Å². The molecule has 2 aliphatic rings. The van der Waals surface area contributed by atoms with Crippen LogP contribution in [0.4, 0.5) is 0 Å². The molecular weight excluding hydrogens is 262 g/mol. The minimum absolute atomic E-state index is 0.0759. The van der Waals surface area contributed by atoms with Crippen LogP contribution in [0, 0.1) is 17.8 Å². The molecule has 0 spiro atoms. The van der Waals surface area contributed by atoms with E-state index in [4.69, 9.17) is 0 Å². The number of hydrogen-bond donors (Lipinski definition) is 0. The summed E-state index contributed by atoms with van der Waals surface area (Å²) < 4.78 is 23.3. The van der Waals surface area contributed by atoms with Gasteiger partial charge < -0.3 is 4.90 Å². The second kappa shape index (κ2) is 5.43. The summed E-state index contributed by atoms with van der Waals surface area (Å²) in [6.45, 7) is 3.48. The van der Waals surface area contributed by atoms with Crippen LogP contribution in [0.2, 0.25) is 0 Å². The summed E-state index contributed by atoms with van der Waals surface area (Å²) in [5.41, 5.74) is 0. The molecule has 0 N–H and O–H groups in total. The van der Waals surface area contributed by atoms with Gasteiger partial charge in [-0.25, -0.2) is 8.42 Å². The number of sulfone groups is 1. The van der Waals surface area contributed by atoms with E-state index in [2.05, 4.69) is 0 Å². The van der Waals surface area contributed by atoms with Gasteiger partial charge >= 0.3 is 0 Å². The molecule has 2 bridgehead atoms. The molecule has 4 atom stereocenters. The van der Waals surface area contributed by atoms with E-state index in [1.807, 2.05) is 6.92 Å². The molecule has 0 heterocycles. The topological polar surface area (TPSA) is 54.5 Å². The number of carbonyl (C=O) groups excluding carboxylic acids is 1. The Bertz CT molecular complexity index is 446. The third-order valence-corrected chi connectivity index (χ3v) is 6.87. The van der Waals surface area contributed by atoms with Crippen molar-refractivity contribution in [2.75, 3.05) is 18.6 Å². The van der Waals surface area contributed by atoms with Gasteiger partial charge in [-0.1, -0.05) is 13.3 Å². The Kier molecular flexibility index (Phi) is 4.23. The van der Waals surface area contributed by atoms with Gasteiger partial charge in [0.25, 0.3) is 0 Å². The third-order valence-electron chi connectivity index (χ3n) is 5.00. The zero-order valence-corrected chi connectivity index (χ0v) is 12.9. The van der Waals surface area contributed by atoms with Crippen LogP contribution in [-0.4, -0.2) is 43.8 Å². The number of carbonyl (C=O) groups is 1. The minimum Gasteiger partial charge on any atom is -0.342 e. The van der Waals surface area contributed by atoms with Crippen molar-refractivity contribution in [3.63, 3.8) is 0 Å². The molecule has 19 heavy (non-hydrogen) atoms. The van der Waals surface area contributed by atoms with E-state index < -0.39 is 9.84 Å². The minimum atomic E-state index is -3.02. The molecule has 0 aromatic carbocycles. The van der Waals surface area contributed by atoms with Crippen LogP contribution in [-0.2, 0) is 14.6 Å². The van der Waals surface area contributed by atoms with Crippen LogP contribution < -0.4 is 0 Å². The number of amides is 1. The zero-order chi connectivity index (χ0) is 14.2. The molecular formula is C14H25NO3S. The quantitative estimate of drug-likeness (QED) is 0.773. The maximum Gasteiger partial charge on any atom is 0.225 e. The summed E-state index contributed by atoms with van der Waals surface area (Å²) in [7, 11) is -1.27. The summed E-state index contributed by atoms with van der Waals surface area (Å²) in [5, 5.41) is 0. The monoisotopic (exact) mass is 287 g/mol. The highest BCUT2D eigenvalue weighted by Crippen LogP contribution is 2.48. The van der Waals surface area contributed by atoms with Gasteiger partial charge in [0.1, 0.15) is 0 Å². The summed E-state index contributed by atoms with van der Waals surface area (Å²) in [6.07, 6.45) is 4.67. The maximum absolute atomic E-state index is 12.5. The van der Waals surface area contributed by atoms with Crippen molar-refractivity contribution < 1.29 is 13.2 Å². The van der Waals surface area contributed by atoms with Gasteiger partial charge in [0.05, 0.1) is 5.75 Å². The number of hydrogen-bond acceptors (Lipinski definition) is 3. The van der Waals surface area contributed by atoms with Crippen molar-refractivity contribution in [2.45, 2.75) is 45.6 Å². The molecule has 4 nitrogen and oxygen atoms in total. The molecule has 0 aliphatic heterocycles. The molecule has 2 saturated carbocycles. The van der Waals surface area contributed by atoms with Gasteiger partial charge in [0, 0.05) is 24.8 Å². The number of nitrogens with zero attached hydrogens (tertiary/aromatic N) is 1. The van der Waals surface area contributed by atoms with E-state index in [1.165, 1.54) is 19.3 Å². The normalized spacial score (nSPS) is 31.4. The molecule has 0 aromatic rings. The van der Waals surface area contributed by atoms with E-state index in [9.17, 15) is 13.2 Å². The van der Waals surface area contributed by atoms with Crippen LogP contribution in [0.25, 0.3) is 0 Å². The highest BCUT2D eigenvalue weighted by molar-refractivity contribution is 7.91. The van der Waals surface area contributed by atoms with Crippen molar-refractivity contribution in [3.05, 3.63) is 0 Å². The molecule has 0 aromatic heterocycles. The molecule has 5 heteroatoms. The lowest BCUT2D eigenvalue weighted by Crippen LogP contribution is -2.44. The van der Waals surface area contributed by atoms with Crippen molar-refractivity contribution in [1.82, 2.24) is 4.90 Å². The zero-order valence-electron chi connectivity index (χ0n) is 12.1. The first kappa shape index (κ1) is 14.8. The molecule has 2 rings (SSSR count). The first-order chi connectivity index (χ1) is 8.84. The fourth-order valence-electron chi connectivity index (χ4n) is 3.62. The summed E-state index contributed by atoms with van der Waals surface area (Å²) in [5.74, 6) is 1.82. The number of rotatable bonds is 5. The predicted molar refractivity (Wildman–Crippen MR) is 75.5 cm³/mol. The highest BCUT2D eigenvalue weighted by atomic mass is 32.2. The van der Waals surface area contributed by atoms with Gasteiger partial charge in [-0.15, -0.1) is 0 Å². The molecule has 110 valence electrons. The Balaban J connectivity index is 1.95. The van der Waals surface area contributed by atoms with Crippen molar-refractivity contribution >= 4 is 15.7 Å².